The Morgan fingerprint density at radius 3 is 2.64 bits per heavy atom. The van der Waals surface area contributed by atoms with Crippen molar-refractivity contribution in [3.63, 3.8) is 0 Å². The van der Waals surface area contributed by atoms with Gasteiger partial charge >= 0.3 is 5.97 Å². The number of alkyl halides is 1. The molecule has 11 heavy (non-hydrogen) atoms. The van der Waals surface area contributed by atoms with Crippen molar-refractivity contribution in [2.24, 2.45) is 5.92 Å². The number of halogens is 1. The van der Waals surface area contributed by atoms with Crippen LogP contribution in [0.25, 0.3) is 0 Å². The summed E-state index contributed by atoms with van der Waals surface area (Å²) in [5.74, 6) is -0.208. The zero-order chi connectivity index (χ0) is 8.27. The minimum absolute atomic E-state index is 0.369. The van der Waals surface area contributed by atoms with Crippen molar-refractivity contribution >= 4 is 28.6 Å². The molecule has 0 aromatic heterocycles. The van der Waals surface area contributed by atoms with Crippen LogP contribution >= 0.6 is 22.6 Å². The summed E-state index contributed by atoms with van der Waals surface area (Å²) in [6, 6.07) is 0. The molecule has 1 fully saturated rings. The molecule has 1 aliphatic rings. The molecular formula is C8H13IO2. The molecule has 1 aliphatic carbocycles. The zero-order valence-electron chi connectivity index (χ0n) is 6.42. The molecule has 0 saturated heterocycles. The van der Waals surface area contributed by atoms with Gasteiger partial charge in [0, 0.05) is 10.3 Å². The Bertz CT molecular complexity index is 147. The molecule has 0 bridgehead atoms. The van der Waals surface area contributed by atoms with Gasteiger partial charge in [-0.2, -0.15) is 0 Å². The molecule has 2 atom stereocenters. The summed E-state index contributed by atoms with van der Waals surface area (Å²) in [6.45, 7) is 0. The Hall–Kier alpha value is 0.200. The molecule has 3 heteroatoms. The summed E-state index contributed by atoms with van der Waals surface area (Å²) in [5, 5.41) is 8.58. The Morgan fingerprint density at radius 2 is 2.09 bits per heavy atom. The van der Waals surface area contributed by atoms with Crippen LogP contribution < -0.4 is 0 Å². The van der Waals surface area contributed by atoms with Gasteiger partial charge in [-0.15, -0.1) is 0 Å². The monoisotopic (exact) mass is 268 g/mol. The van der Waals surface area contributed by atoms with Gasteiger partial charge in [0.1, 0.15) is 0 Å². The van der Waals surface area contributed by atoms with Crippen LogP contribution in [-0.2, 0) is 4.79 Å². The average molecular weight is 268 g/mol. The van der Waals surface area contributed by atoms with Crippen molar-refractivity contribution in [1.82, 2.24) is 0 Å². The molecule has 0 radical (unpaired) electrons. The molecular weight excluding hydrogens is 255 g/mol. The van der Waals surface area contributed by atoms with Crippen LogP contribution in [0.3, 0.4) is 0 Å². The summed E-state index contributed by atoms with van der Waals surface area (Å²) >= 11 is 2.39. The van der Waals surface area contributed by atoms with Crippen LogP contribution in [0.2, 0.25) is 0 Å². The average Bonchev–Trinajstić information content (AvgIpc) is 1.93. The van der Waals surface area contributed by atoms with Gasteiger partial charge < -0.3 is 5.11 Å². The largest absolute Gasteiger partial charge is 0.481 e. The van der Waals surface area contributed by atoms with Gasteiger partial charge in [-0.25, -0.2) is 0 Å². The highest BCUT2D eigenvalue weighted by Gasteiger charge is 2.24. The molecule has 1 N–H and O–H groups in total. The molecule has 64 valence electrons. The lowest BCUT2D eigenvalue weighted by Gasteiger charge is -2.25. The molecule has 0 heterocycles. The van der Waals surface area contributed by atoms with E-state index in [1.807, 2.05) is 0 Å². The summed E-state index contributed by atoms with van der Waals surface area (Å²) in [7, 11) is 0. The molecule has 1 rings (SSSR count). The van der Waals surface area contributed by atoms with Crippen LogP contribution in [0.5, 0.6) is 0 Å². The number of hydrogen-bond acceptors (Lipinski definition) is 1. The van der Waals surface area contributed by atoms with Crippen LogP contribution in [0.1, 0.15) is 32.1 Å². The first-order chi connectivity index (χ1) is 5.20. The maximum absolute atomic E-state index is 10.4. The normalized spacial score (nSPS) is 31.7. The fourth-order valence-corrected chi connectivity index (χ4v) is 2.67. The Balaban J connectivity index is 2.35. The van der Waals surface area contributed by atoms with Crippen molar-refractivity contribution in [3.05, 3.63) is 0 Å². The zero-order valence-corrected chi connectivity index (χ0v) is 8.58. The van der Waals surface area contributed by atoms with E-state index in [4.69, 9.17) is 5.11 Å². The first-order valence-corrected chi connectivity index (χ1v) is 5.30. The first-order valence-electron chi connectivity index (χ1n) is 4.06. The van der Waals surface area contributed by atoms with E-state index in [1.54, 1.807) is 0 Å². The van der Waals surface area contributed by atoms with E-state index < -0.39 is 5.97 Å². The maximum atomic E-state index is 10.4. The van der Waals surface area contributed by atoms with Crippen molar-refractivity contribution in [2.75, 3.05) is 0 Å². The van der Waals surface area contributed by atoms with E-state index in [0.717, 1.165) is 6.42 Å². The second-order valence-electron chi connectivity index (χ2n) is 3.16. The SMILES string of the molecule is O=C(O)CC1CCCCC1I. The highest BCUT2D eigenvalue weighted by atomic mass is 127. The predicted molar refractivity (Wildman–Crippen MR) is 52.0 cm³/mol. The Morgan fingerprint density at radius 1 is 1.45 bits per heavy atom. The van der Waals surface area contributed by atoms with Gasteiger partial charge in [0.15, 0.2) is 0 Å². The summed E-state index contributed by atoms with van der Waals surface area (Å²) in [4.78, 5) is 10.4. The van der Waals surface area contributed by atoms with E-state index in [2.05, 4.69) is 22.6 Å². The van der Waals surface area contributed by atoms with E-state index in [1.165, 1.54) is 19.3 Å². The highest BCUT2D eigenvalue weighted by Crippen LogP contribution is 2.32. The van der Waals surface area contributed by atoms with Crippen molar-refractivity contribution in [1.29, 1.82) is 0 Å². The smallest absolute Gasteiger partial charge is 0.303 e. The second-order valence-corrected chi connectivity index (χ2v) is 4.76. The van der Waals surface area contributed by atoms with E-state index in [0.29, 0.717) is 16.3 Å². The minimum Gasteiger partial charge on any atom is -0.481 e. The molecule has 2 nitrogen and oxygen atoms in total. The number of carboxylic acid groups (broad SMARTS) is 1. The Kier molecular flexibility index (Phi) is 3.62. The third-order valence-electron chi connectivity index (χ3n) is 2.25. The van der Waals surface area contributed by atoms with Gasteiger partial charge in [0.05, 0.1) is 0 Å². The number of rotatable bonds is 2. The maximum Gasteiger partial charge on any atom is 0.303 e. The second kappa shape index (κ2) is 4.28. The van der Waals surface area contributed by atoms with Crippen LogP contribution in [0, 0.1) is 5.92 Å². The highest BCUT2D eigenvalue weighted by molar-refractivity contribution is 14.1. The van der Waals surface area contributed by atoms with Crippen LogP contribution in [0.4, 0.5) is 0 Å². The summed E-state index contributed by atoms with van der Waals surface area (Å²) in [6.07, 6.45) is 5.19. The molecule has 1 saturated carbocycles. The Labute approximate surface area is 80.5 Å². The third kappa shape index (κ3) is 2.97. The van der Waals surface area contributed by atoms with Crippen LogP contribution in [0.15, 0.2) is 0 Å². The van der Waals surface area contributed by atoms with Gasteiger partial charge in [-0.05, 0) is 18.8 Å². The minimum atomic E-state index is -0.640. The molecule has 2 unspecified atom stereocenters. The lowest BCUT2D eigenvalue weighted by atomic mass is 9.87. The molecule has 0 aliphatic heterocycles. The van der Waals surface area contributed by atoms with Crippen molar-refractivity contribution in [2.45, 2.75) is 36.0 Å². The number of carbonyl (C=O) groups is 1. The van der Waals surface area contributed by atoms with Crippen molar-refractivity contribution < 1.29 is 9.90 Å². The topological polar surface area (TPSA) is 37.3 Å². The molecule has 0 spiro atoms. The summed E-state index contributed by atoms with van der Waals surface area (Å²) < 4.78 is 0.595. The number of hydrogen-bond donors (Lipinski definition) is 1. The van der Waals surface area contributed by atoms with E-state index >= 15 is 0 Å². The fourth-order valence-electron chi connectivity index (χ4n) is 1.62. The third-order valence-corrected chi connectivity index (χ3v) is 3.89. The fraction of sp³-hybridized carbons (Fsp3) is 0.875. The van der Waals surface area contributed by atoms with Crippen LogP contribution in [-0.4, -0.2) is 15.0 Å². The number of carboxylic acids is 1. The lowest BCUT2D eigenvalue weighted by molar-refractivity contribution is -0.138. The predicted octanol–water partition coefficient (Wildman–Crippen LogP) is 2.45. The molecule has 0 aromatic carbocycles. The standard InChI is InChI=1S/C8H13IO2/c9-7-4-2-1-3-6(7)5-8(10)11/h6-7H,1-5H2,(H,10,11). The van der Waals surface area contributed by atoms with Gasteiger partial charge in [-0.1, -0.05) is 35.4 Å². The summed E-state index contributed by atoms with van der Waals surface area (Å²) in [5.41, 5.74) is 0. The number of aliphatic carboxylic acids is 1. The quantitative estimate of drug-likeness (QED) is 0.617. The van der Waals surface area contributed by atoms with Gasteiger partial charge in [-0.3, -0.25) is 4.79 Å². The molecule has 0 amide bonds. The van der Waals surface area contributed by atoms with Gasteiger partial charge in [0.25, 0.3) is 0 Å². The van der Waals surface area contributed by atoms with E-state index in [-0.39, 0.29) is 0 Å². The van der Waals surface area contributed by atoms with Gasteiger partial charge in [0.2, 0.25) is 0 Å². The van der Waals surface area contributed by atoms with E-state index in [9.17, 15) is 4.79 Å². The first kappa shape index (κ1) is 9.29. The molecule has 0 aromatic rings. The lowest BCUT2D eigenvalue weighted by Crippen LogP contribution is -2.21. The van der Waals surface area contributed by atoms with Crippen molar-refractivity contribution in [3.8, 4) is 0 Å².